The molecule has 176 valence electrons. The Hall–Kier alpha value is -3.37. The van der Waals surface area contributed by atoms with Gasteiger partial charge in [0.1, 0.15) is 17.7 Å². The molecule has 4 N–H and O–H groups in total. The highest BCUT2D eigenvalue weighted by atomic mass is 16.6. The van der Waals surface area contributed by atoms with Crippen LogP contribution in [-0.4, -0.2) is 64.8 Å². The number of alkyl carbamates (subject to hydrolysis) is 1. The number of ether oxygens (including phenoxy) is 1. The van der Waals surface area contributed by atoms with E-state index in [0.717, 1.165) is 18.2 Å². The SMILES string of the molecule is CNc1ncnc2c1ccn2C(=O)NCCCC(=O)NCCCCNC(=O)OC(C)(C)C. The molecule has 0 saturated heterocycles. The van der Waals surface area contributed by atoms with Gasteiger partial charge in [0.15, 0.2) is 5.65 Å². The largest absolute Gasteiger partial charge is 0.444 e. The van der Waals surface area contributed by atoms with Gasteiger partial charge in [-0.2, -0.15) is 0 Å². The monoisotopic (exact) mass is 447 g/mol. The highest BCUT2D eigenvalue weighted by Gasteiger charge is 2.15. The van der Waals surface area contributed by atoms with Crippen LogP contribution in [-0.2, 0) is 9.53 Å². The number of rotatable bonds is 10. The van der Waals surface area contributed by atoms with Crippen LogP contribution in [0.3, 0.4) is 0 Å². The van der Waals surface area contributed by atoms with Crippen molar-refractivity contribution < 1.29 is 19.1 Å². The second kappa shape index (κ2) is 11.9. The number of nitrogens with one attached hydrogen (secondary N) is 4. The summed E-state index contributed by atoms with van der Waals surface area (Å²) >= 11 is 0. The molecule has 0 radical (unpaired) electrons. The van der Waals surface area contributed by atoms with Crippen LogP contribution in [0.5, 0.6) is 0 Å². The summed E-state index contributed by atoms with van der Waals surface area (Å²) in [5.74, 6) is 0.580. The number of carbonyl (C=O) groups excluding carboxylic acids is 3. The minimum atomic E-state index is -0.516. The second-order valence-electron chi connectivity index (χ2n) is 8.22. The smallest absolute Gasteiger partial charge is 0.407 e. The van der Waals surface area contributed by atoms with Gasteiger partial charge in [-0.15, -0.1) is 0 Å². The quantitative estimate of drug-likeness (QED) is 0.410. The lowest BCUT2D eigenvalue weighted by Crippen LogP contribution is -2.33. The Labute approximate surface area is 187 Å². The average Bonchev–Trinajstić information content (AvgIpc) is 3.16. The summed E-state index contributed by atoms with van der Waals surface area (Å²) in [5.41, 5.74) is -0.00166. The van der Waals surface area contributed by atoms with Crippen molar-refractivity contribution in [2.24, 2.45) is 0 Å². The summed E-state index contributed by atoms with van der Waals surface area (Å²) in [6, 6.07) is 1.47. The number of unbranched alkanes of at least 4 members (excludes halogenated alkanes) is 1. The van der Waals surface area contributed by atoms with Gasteiger partial charge in [-0.25, -0.2) is 19.6 Å². The molecule has 0 spiro atoms. The Balaban J connectivity index is 1.57. The molecule has 0 fully saturated rings. The molecule has 0 aliphatic rings. The predicted octanol–water partition coefficient (Wildman–Crippen LogP) is 2.23. The normalized spacial score (nSPS) is 11.1. The van der Waals surface area contributed by atoms with E-state index in [1.165, 1.54) is 10.9 Å². The first-order valence-corrected chi connectivity index (χ1v) is 10.7. The van der Waals surface area contributed by atoms with Crippen molar-refractivity contribution in [3.05, 3.63) is 18.6 Å². The number of anilines is 1. The lowest BCUT2D eigenvalue weighted by molar-refractivity contribution is -0.121. The highest BCUT2D eigenvalue weighted by Crippen LogP contribution is 2.19. The molecule has 11 heteroatoms. The molecule has 0 aliphatic heterocycles. The van der Waals surface area contributed by atoms with E-state index in [1.807, 2.05) is 20.8 Å². The Morgan fingerprint density at radius 1 is 1.00 bits per heavy atom. The topological polar surface area (TPSA) is 139 Å². The van der Waals surface area contributed by atoms with E-state index in [9.17, 15) is 14.4 Å². The van der Waals surface area contributed by atoms with Crippen molar-refractivity contribution in [1.29, 1.82) is 0 Å². The molecule has 0 aliphatic carbocycles. The van der Waals surface area contributed by atoms with Crippen LogP contribution in [0.2, 0.25) is 0 Å². The van der Waals surface area contributed by atoms with Crippen molar-refractivity contribution in [3.63, 3.8) is 0 Å². The van der Waals surface area contributed by atoms with Gasteiger partial charge in [-0.1, -0.05) is 0 Å². The van der Waals surface area contributed by atoms with Gasteiger partial charge < -0.3 is 26.0 Å². The number of carbonyl (C=O) groups is 3. The van der Waals surface area contributed by atoms with E-state index < -0.39 is 11.7 Å². The van der Waals surface area contributed by atoms with E-state index in [-0.39, 0.29) is 11.9 Å². The molecule has 0 unspecified atom stereocenters. The predicted molar refractivity (Wildman–Crippen MR) is 122 cm³/mol. The third kappa shape index (κ3) is 8.05. The van der Waals surface area contributed by atoms with E-state index in [1.54, 1.807) is 19.3 Å². The molecule has 2 aromatic rings. The van der Waals surface area contributed by atoms with Crippen molar-refractivity contribution in [3.8, 4) is 0 Å². The van der Waals surface area contributed by atoms with Gasteiger partial charge in [0.05, 0.1) is 5.39 Å². The minimum absolute atomic E-state index is 0.0721. The molecule has 0 saturated carbocycles. The number of hydrogen-bond acceptors (Lipinski definition) is 7. The van der Waals surface area contributed by atoms with Gasteiger partial charge >= 0.3 is 12.1 Å². The molecule has 2 rings (SSSR count). The van der Waals surface area contributed by atoms with Crippen molar-refractivity contribution in [2.75, 3.05) is 32.0 Å². The number of hydrogen-bond donors (Lipinski definition) is 4. The van der Waals surface area contributed by atoms with Crippen LogP contribution in [0, 0.1) is 0 Å². The minimum Gasteiger partial charge on any atom is -0.444 e. The van der Waals surface area contributed by atoms with Crippen LogP contribution in [0.4, 0.5) is 15.4 Å². The van der Waals surface area contributed by atoms with Gasteiger partial charge in [-0.3, -0.25) is 9.36 Å². The van der Waals surface area contributed by atoms with Gasteiger partial charge in [0.2, 0.25) is 5.91 Å². The molecule has 11 nitrogen and oxygen atoms in total. The zero-order valence-electron chi connectivity index (χ0n) is 19.2. The first-order valence-electron chi connectivity index (χ1n) is 10.7. The summed E-state index contributed by atoms with van der Waals surface area (Å²) in [7, 11) is 1.76. The van der Waals surface area contributed by atoms with Gasteiger partial charge in [0, 0.05) is 39.3 Å². The fourth-order valence-corrected chi connectivity index (χ4v) is 2.91. The Morgan fingerprint density at radius 2 is 1.69 bits per heavy atom. The highest BCUT2D eigenvalue weighted by molar-refractivity contribution is 5.94. The van der Waals surface area contributed by atoms with Crippen molar-refractivity contribution in [2.45, 2.75) is 52.1 Å². The molecule has 2 heterocycles. The number of nitrogens with zero attached hydrogens (tertiary/aromatic N) is 3. The fraction of sp³-hybridized carbons (Fsp3) is 0.571. The molecular formula is C21H33N7O4. The first kappa shape index (κ1) is 24.9. The maximum Gasteiger partial charge on any atom is 0.407 e. The maximum absolute atomic E-state index is 12.4. The van der Waals surface area contributed by atoms with Crippen LogP contribution in [0.15, 0.2) is 18.6 Å². The Bertz CT molecular complexity index is 920. The third-order valence-electron chi connectivity index (χ3n) is 4.39. The molecule has 3 amide bonds. The molecule has 2 aromatic heterocycles. The average molecular weight is 448 g/mol. The Kier molecular flexibility index (Phi) is 9.23. The lowest BCUT2D eigenvalue weighted by atomic mass is 10.2. The first-order chi connectivity index (χ1) is 15.2. The fourth-order valence-electron chi connectivity index (χ4n) is 2.91. The second-order valence-corrected chi connectivity index (χ2v) is 8.22. The molecule has 32 heavy (non-hydrogen) atoms. The third-order valence-corrected chi connectivity index (χ3v) is 4.39. The van der Waals surface area contributed by atoms with Crippen LogP contribution >= 0.6 is 0 Å². The molecule has 0 atom stereocenters. The maximum atomic E-state index is 12.4. The summed E-state index contributed by atoms with van der Waals surface area (Å²) in [5, 5.41) is 12.0. The standard InChI is InChI=1S/C21H33N7O4/c1-21(2,3)32-20(31)25-11-6-5-10-23-16(29)8-7-12-24-19(30)28-13-9-15-17(22-4)26-14-27-18(15)28/h9,13-14H,5-8,10-12H2,1-4H3,(H,23,29)(H,24,30)(H,25,31)(H,22,26,27). The van der Waals surface area contributed by atoms with Gasteiger partial charge in [0.25, 0.3) is 0 Å². The van der Waals surface area contributed by atoms with E-state index in [4.69, 9.17) is 4.74 Å². The van der Waals surface area contributed by atoms with Gasteiger partial charge in [-0.05, 0) is 46.1 Å². The molecule has 0 aromatic carbocycles. The lowest BCUT2D eigenvalue weighted by Gasteiger charge is -2.19. The summed E-state index contributed by atoms with van der Waals surface area (Å²) < 4.78 is 6.57. The summed E-state index contributed by atoms with van der Waals surface area (Å²) in [6.07, 6.45) is 4.92. The Morgan fingerprint density at radius 3 is 2.38 bits per heavy atom. The van der Waals surface area contributed by atoms with E-state index >= 15 is 0 Å². The van der Waals surface area contributed by atoms with E-state index in [2.05, 4.69) is 31.2 Å². The van der Waals surface area contributed by atoms with Crippen molar-refractivity contribution in [1.82, 2.24) is 30.5 Å². The van der Waals surface area contributed by atoms with E-state index in [0.29, 0.717) is 43.9 Å². The molecule has 0 bridgehead atoms. The van der Waals surface area contributed by atoms with Crippen LogP contribution in [0.1, 0.15) is 46.5 Å². The zero-order chi connectivity index (χ0) is 23.6. The number of aromatic nitrogens is 3. The molecular weight excluding hydrogens is 414 g/mol. The van der Waals surface area contributed by atoms with Crippen molar-refractivity contribution >= 4 is 34.9 Å². The van der Waals surface area contributed by atoms with Crippen LogP contribution in [0.25, 0.3) is 11.0 Å². The number of fused-ring (bicyclic) bond motifs is 1. The summed E-state index contributed by atoms with van der Waals surface area (Å²) in [6.45, 7) is 6.82. The zero-order valence-corrected chi connectivity index (χ0v) is 19.2. The summed E-state index contributed by atoms with van der Waals surface area (Å²) in [4.78, 5) is 44.1. The van der Waals surface area contributed by atoms with Crippen LogP contribution < -0.4 is 21.3 Å². The number of amides is 3.